The Kier molecular flexibility index (Phi) is 6.67. The smallest absolute Gasteiger partial charge is 0.142 e. The monoisotopic (exact) mass is 169 g/mol. The van der Waals surface area contributed by atoms with E-state index in [0.717, 1.165) is 6.04 Å². The highest BCUT2D eigenvalue weighted by Gasteiger charge is 2.17. The summed E-state index contributed by atoms with van der Waals surface area (Å²) in [5, 5.41) is 0. The van der Waals surface area contributed by atoms with Crippen molar-refractivity contribution in [3.05, 3.63) is 12.7 Å². The first-order chi connectivity index (χ1) is 5.76. The maximum Gasteiger partial charge on any atom is 0.142 e. The number of likely N-dealkylation sites (tertiary alicyclic amines) is 1. The Labute approximate surface area is 75.3 Å². The van der Waals surface area contributed by atoms with Crippen LogP contribution in [-0.4, -0.2) is 30.8 Å². The topological polar surface area (TPSA) is 20.3 Å². The van der Waals surface area contributed by atoms with Crippen LogP contribution in [0.3, 0.4) is 0 Å². The third kappa shape index (κ3) is 4.29. The number of carbonyl (C=O) groups is 1. The molecule has 0 bridgehead atoms. The standard InChI is InChI=1S/C7H15N.C3H4O/c1-3-7-5-4-6-8(7)2;1-2-3-4/h7H,3-6H2,1-2H3;2-3H,1H2. The lowest BCUT2D eigenvalue weighted by Crippen LogP contribution is -2.23. The van der Waals surface area contributed by atoms with E-state index in [-0.39, 0.29) is 0 Å². The molecule has 0 aromatic carbocycles. The molecule has 0 N–H and O–H groups in total. The summed E-state index contributed by atoms with van der Waals surface area (Å²) in [7, 11) is 2.22. The molecule has 2 heteroatoms. The molecule has 1 atom stereocenters. The fraction of sp³-hybridized carbons (Fsp3) is 0.700. The molecular weight excluding hydrogens is 150 g/mol. The molecule has 0 aromatic rings. The Morgan fingerprint density at radius 3 is 2.42 bits per heavy atom. The average molecular weight is 169 g/mol. The predicted molar refractivity (Wildman–Crippen MR) is 52.2 cm³/mol. The highest BCUT2D eigenvalue weighted by atomic mass is 16.1. The zero-order valence-corrected chi connectivity index (χ0v) is 8.12. The molecule has 1 fully saturated rings. The highest BCUT2D eigenvalue weighted by Crippen LogP contribution is 2.16. The number of hydrogen-bond donors (Lipinski definition) is 0. The van der Waals surface area contributed by atoms with Gasteiger partial charge in [-0.05, 0) is 38.9 Å². The van der Waals surface area contributed by atoms with E-state index in [4.69, 9.17) is 4.79 Å². The number of aldehydes is 1. The van der Waals surface area contributed by atoms with Crippen LogP contribution in [0.15, 0.2) is 12.7 Å². The summed E-state index contributed by atoms with van der Waals surface area (Å²) in [6.45, 7) is 6.70. The minimum Gasteiger partial charge on any atom is -0.303 e. The first kappa shape index (κ1) is 11.4. The van der Waals surface area contributed by atoms with Gasteiger partial charge in [0.1, 0.15) is 6.29 Å². The van der Waals surface area contributed by atoms with Crippen molar-refractivity contribution in [3.8, 4) is 0 Å². The van der Waals surface area contributed by atoms with Crippen molar-refractivity contribution in [2.45, 2.75) is 32.2 Å². The van der Waals surface area contributed by atoms with Gasteiger partial charge in [-0.1, -0.05) is 13.5 Å². The molecule has 1 rings (SSSR count). The Morgan fingerprint density at radius 1 is 1.67 bits per heavy atom. The van der Waals surface area contributed by atoms with E-state index in [0.29, 0.717) is 6.29 Å². The molecule has 0 amide bonds. The SMILES string of the molecule is C=CC=O.CCC1CCCN1C. The van der Waals surface area contributed by atoms with Crippen LogP contribution >= 0.6 is 0 Å². The zero-order valence-electron chi connectivity index (χ0n) is 8.12. The fourth-order valence-electron chi connectivity index (χ4n) is 1.50. The second-order valence-electron chi connectivity index (χ2n) is 3.06. The number of nitrogens with zero attached hydrogens (tertiary/aromatic N) is 1. The van der Waals surface area contributed by atoms with Crippen LogP contribution in [0.25, 0.3) is 0 Å². The minimum absolute atomic E-state index is 0.639. The first-order valence-corrected chi connectivity index (χ1v) is 4.52. The second-order valence-corrected chi connectivity index (χ2v) is 3.06. The number of allylic oxidation sites excluding steroid dienone is 1. The zero-order chi connectivity index (χ0) is 9.40. The van der Waals surface area contributed by atoms with Gasteiger partial charge < -0.3 is 4.90 Å². The van der Waals surface area contributed by atoms with Crippen LogP contribution in [0.4, 0.5) is 0 Å². The van der Waals surface area contributed by atoms with E-state index < -0.39 is 0 Å². The quantitative estimate of drug-likeness (QED) is 0.464. The molecule has 12 heavy (non-hydrogen) atoms. The van der Waals surface area contributed by atoms with E-state index in [9.17, 15) is 0 Å². The van der Waals surface area contributed by atoms with Crippen molar-refractivity contribution in [1.82, 2.24) is 4.90 Å². The summed E-state index contributed by atoms with van der Waals surface area (Å²) in [6, 6.07) is 0.898. The largest absolute Gasteiger partial charge is 0.303 e. The number of hydrogen-bond acceptors (Lipinski definition) is 2. The maximum absolute atomic E-state index is 9.06. The van der Waals surface area contributed by atoms with E-state index in [1.54, 1.807) is 0 Å². The van der Waals surface area contributed by atoms with Crippen molar-refractivity contribution < 1.29 is 4.79 Å². The third-order valence-corrected chi connectivity index (χ3v) is 2.24. The molecule has 0 aromatic heterocycles. The lowest BCUT2D eigenvalue weighted by atomic mass is 10.2. The normalized spacial score (nSPS) is 22.7. The van der Waals surface area contributed by atoms with Crippen molar-refractivity contribution in [3.63, 3.8) is 0 Å². The van der Waals surface area contributed by atoms with E-state index in [2.05, 4.69) is 25.5 Å². The number of carbonyl (C=O) groups excluding carboxylic acids is 1. The molecule has 0 aliphatic carbocycles. The Balaban J connectivity index is 0.000000261. The molecular formula is C10H19NO. The molecule has 0 saturated carbocycles. The second kappa shape index (κ2) is 7.04. The van der Waals surface area contributed by atoms with Crippen molar-refractivity contribution in [2.24, 2.45) is 0 Å². The molecule has 70 valence electrons. The van der Waals surface area contributed by atoms with E-state index in [1.165, 1.54) is 31.9 Å². The van der Waals surface area contributed by atoms with Crippen LogP contribution in [0, 0.1) is 0 Å². The van der Waals surface area contributed by atoms with Gasteiger partial charge in [0.25, 0.3) is 0 Å². The first-order valence-electron chi connectivity index (χ1n) is 4.52. The molecule has 1 unspecified atom stereocenters. The molecule has 2 nitrogen and oxygen atoms in total. The number of rotatable bonds is 2. The van der Waals surface area contributed by atoms with Gasteiger partial charge in [0.2, 0.25) is 0 Å². The summed E-state index contributed by atoms with van der Waals surface area (Å²) in [5.74, 6) is 0. The van der Waals surface area contributed by atoms with Gasteiger partial charge in [-0.3, -0.25) is 4.79 Å². The Hall–Kier alpha value is -0.630. The highest BCUT2D eigenvalue weighted by molar-refractivity contribution is 5.63. The van der Waals surface area contributed by atoms with Gasteiger partial charge in [0.05, 0.1) is 0 Å². The summed E-state index contributed by atoms with van der Waals surface area (Å²) in [6.07, 6.45) is 6.00. The van der Waals surface area contributed by atoms with Crippen LogP contribution in [0.2, 0.25) is 0 Å². The maximum atomic E-state index is 9.06. The fourth-order valence-corrected chi connectivity index (χ4v) is 1.50. The van der Waals surface area contributed by atoms with Crippen LogP contribution < -0.4 is 0 Å². The van der Waals surface area contributed by atoms with Crippen molar-refractivity contribution >= 4 is 6.29 Å². The van der Waals surface area contributed by atoms with Crippen molar-refractivity contribution in [1.29, 1.82) is 0 Å². The van der Waals surface area contributed by atoms with Gasteiger partial charge >= 0.3 is 0 Å². The lowest BCUT2D eigenvalue weighted by Gasteiger charge is -2.16. The van der Waals surface area contributed by atoms with E-state index in [1.807, 2.05) is 0 Å². The predicted octanol–water partition coefficient (Wildman–Crippen LogP) is 1.86. The lowest BCUT2D eigenvalue weighted by molar-refractivity contribution is -0.104. The van der Waals surface area contributed by atoms with Crippen molar-refractivity contribution in [2.75, 3.05) is 13.6 Å². The van der Waals surface area contributed by atoms with E-state index >= 15 is 0 Å². The molecule has 1 heterocycles. The van der Waals surface area contributed by atoms with Crippen LogP contribution in [-0.2, 0) is 4.79 Å². The van der Waals surface area contributed by atoms with Gasteiger partial charge in [-0.25, -0.2) is 0 Å². The van der Waals surface area contributed by atoms with Gasteiger partial charge in [0, 0.05) is 6.04 Å². The summed E-state index contributed by atoms with van der Waals surface area (Å²) >= 11 is 0. The van der Waals surface area contributed by atoms with Crippen LogP contribution in [0.5, 0.6) is 0 Å². The average Bonchev–Trinajstić information content (AvgIpc) is 2.51. The molecule has 0 radical (unpaired) electrons. The molecule has 0 spiro atoms. The molecule has 1 saturated heterocycles. The van der Waals surface area contributed by atoms with Crippen LogP contribution in [0.1, 0.15) is 26.2 Å². The molecule has 1 aliphatic rings. The molecule has 1 aliphatic heterocycles. The van der Waals surface area contributed by atoms with Gasteiger partial charge in [-0.15, -0.1) is 0 Å². The Morgan fingerprint density at radius 2 is 2.25 bits per heavy atom. The van der Waals surface area contributed by atoms with Gasteiger partial charge in [-0.2, -0.15) is 0 Å². The summed E-state index contributed by atoms with van der Waals surface area (Å²) in [4.78, 5) is 11.5. The third-order valence-electron chi connectivity index (χ3n) is 2.24. The van der Waals surface area contributed by atoms with Gasteiger partial charge in [0.15, 0.2) is 0 Å². The minimum atomic E-state index is 0.639. The summed E-state index contributed by atoms with van der Waals surface area (Å²) in [5.41, 5.74) is 0. The summed E-state index contributed by atoms with van der Waals surface area (Å²) < 4.78 is 0. The Bertz CT molecular complexity index is 128.